The van der Waals surface area contributed by atoms with Crippen molar-refractivity contribution in [1.82, 2.24) is 20.3 Å². The minimum Gasteiger partial charge on any atom is -0.380 e. The highest BCUT2D eigenvalue weighted by atomic mass is 16.5. The van der Waals surface area contributed by atoms with E-state index in [1.165, 1.54) is 0 Å². The van der Waals surface area contributed by atoms with Gasteiger partial charge in [-0.2, -0.15) is 0 Å². The molecule has 0 aromatic carbocycles. The van der Waals surface area contributed by atoms with Crippen LogP contribution in [0.1, 0.15) is 40.7 Å². The molecule has 1 aromatic rings. The van der Waals surface area contributed by atoms with Crippen LogP contribution in [0.3, 0.4) is 0 Å². The number of aromatic nitrogens is 3. The third-order valence-corrected chi connectivity index (χ3v) is 3.01. The Morgan fingerprint density at radius 2 is 2.17 bits per heavy atom. The van der Waals surface area contributed by atoms with Crippen molar-refractivity contribution in [2.75, 3.05) is 26.8 Å². The largest absolute Gasteiger partial charge is 0.380 e. The van der Waals surface area contributed by atoms with Crippen LogP contribution < -0.4 is 5.32 Å². The van der Waals surface area contributed by atoms with Gasteiger partial charge < -0.3 is 10.1 Å². The van der Waals surface area contributed by atoms with Gasteiger partial charge in [-0.3, -0.25) is 4.68 Å². The van der Waals surface area contributed by atoms with Gasteiger partial charge in [-0.05, 0) is 13.0 Å². The molecule has 1 aliphatic rings. The van der Waals surface area contributed by atoms with Crippen molar-refractivity contribution in [2.24, 2.45) is 5.41 Å². The van der Waals surface area contributed by atoms with E-state index in [1.54, 1.807) is 0 Å². The second-order valence-electron chi connectivity index (χ2n) is 5.02. The summed E-state index contributed by atoms with van der Waals surface area (Å²) in [4.78, 5) is 0. The lowest BCUT2D eigenvalue weighted by Gasteiger charge is -2.41. The van der Waals surface area contributed by atoms with Crippen molar-refractivity contribution in [2.45, 2.75) is 40.2 Å². The second kappa shape index (κ2) is 6.85. The van der Waals surface area contributed by atoms with Gasteiger partial charge in [-0.1, -0.05) is 32.9 Å². The monoisotopic (exact) mass is 256 g/mol. The first kappa shape index (κ1) is 15.1. The van der Waals surface area contributed by atoms with E-state index in [1.807, 2.05) is 31.8 Å². The summed E-state index contributed by atoms with van der Waals surface area (Å²) in [6.07, 6.45) is 2.04. The Morgan fingerprint density at radius 3 is 2.56 bits per heavy atom. The molecule has 0 aliphatic carbocycles. The number of ether oxygens (including phenoxy) is 1. The van der Waals surface area contributed by atoms with Crippen molar-refractivity contribution in [3.8, 4) is 0 Å². The fourth-order valence-corrected chi connectivity index (χ4v) is 2.01. The maximum Gasteiger partial charge on any atom is 0.0852 e. The van der Waals surface area contributed by atoms with Crippen LogP contribution in [0.5, 0.6) is 0 Å². The lowest BCUT2D eigenvalue weighted by atomic mass is 9.86. The van der Waals surface area contributed by atoms with E-state index in [-0.39, 0.29) is 6.84 Å². The first-order valence-electron chi connectivity index (χ1n) is 6.78. The maximum atomic E-state index is 5.32. The molecule has 1 saturated heterocycles. The molecule has 0 unspecified atom stereocenters. The smallest absolute Gasteiger partial charge is 0.0852 e. The molecule has 0 spiro atoms. The summed E-state index contributed by atoms with van der Waals surface area (Å²) in [5.74, 6) is 0.437. The zero-order valence-corrected chi connectivity index (χ0v) is 12.2. The summed E-state index contributed by atoms with van der Waals surface area (Å²) in [6.45, 7) is 11.7. The Labute approximate surface area is 111 Å². The molecule has 1 aliphatic heterocycles. The highest BCUT2D eigenvalue weighted by Crippen LogP contribution is 2.28. The molecule has 2 rings (SSSR count). The molecule has 5 heteroatoms. The third-order valence-electron chi connectivity index (χ3n) is 3.01. The molecule has 0 saturated carbocycles. The second-order valence-corrected chi connectivity index (χ2v) is 5.02. The summed E-state index contributed by atoms with van der Waals surface area (Å²) in [5.41, 5.74) is 1.26. The summed E-state index contributed by atoms with van der Waals surface area (Å²) >= 11 is 0. The molecule has 0 atom stereocenters. The lowest BCUT2D eigenvalue weighted by Crippen LogP contribution is -2.51. The van der Waals surface area contributed by atoms with Crippen LogP contribution >= 0.6 is 0 Å². The Morgan fingerprint density at radius 1 is 1.50 bits per heavy atom. The molecule has 18 heavy (non-hydrogen) atoms. The SMILES string of the molecule is CC.CNCC1(Cn2cc(C(C)C)nn2)COC1.[HH]. The molecule has 1 fully saturated rings. The van der Waals surface area contributed by atoms with E-state index in [2.05, 4.69) is 29.5 Å². The van der Waals surface area contributed by atoms with Gasteiger partial charge in [0.15, 0.2) is 0 Å². The minimum atomic E-state index is 0. The number of rotatable bonds is 5. The Bertz CT molecular complexity index is 350. The van der Waals surface area contributed by atoms with Crippen LogP contribution in [-0.2, 0) is 11.3 Å². The Kier molecular flexibility index (Phi) is 5.75. The van der Waals surface area contributed by atoms with Gasteiger partial charge >= 0.3 is 0 Å². The van der Waals surface area contributed by atoms with Gasteiger partial charge in [-0.25, -0.2) is 0 Å². The van der Waals surface area contributed by atoms with E-state index in [0.717, 1.165) is 32.0 Å². The van der Waals surface area contributed by atoms with Crippen LogP contribution in [0.25, 0.3) is 0 Å². The van der Waals surface area contributed by atoms with E-state index < -0.39 is 0 Å². The van der Waals surface area contributed by atoms with Crippen LogP contribution in [0, 0.1) is 5.41 Å². The molecule has 1 aromatic heterocycles. The van der Waals surface area contributed by atoms with Crippen molar-refractivity contribution in [1.29, 1.82) is 0 Å². The normalized spacial score (nSPS) is 17.0. The van der Waals surface area contributed by atoms with Crippen LogP contribution in [0.2, 0.25) is 0 Å². The predicted molar refractivity (Wildman–Crippen MR) is 74.8 cm³/mol. The van der Waals surface area contributed by atoms with Gasteiger partial charge in [0.2, 0.25) is 0 Å². The zero-order chi connectivity index (χ0) is 13.6. The third kappa shape index (κ3) is 3.53. The number of nitrogens with zero attached hydrogens (tertiary/aromatic N) is 3. The summed E-state index contributed by atoms with van der Waals surface area (Å²) in [5, 5.41) is 11.6. The fraction of sp³-hybridized carbons (Fsp3) is 0.846. The van der Waals surface area contributed by atoms with Gasteiger partial charge in [-0.15, -0.1) is 5.10 Å². The zero-order valence-electron chi connectivity index (χ0n) is 12.2. The highest BCUT2D eigenvalue weighted by Gasteiger charge is 2.38. The molecule has 2 heterocycles. The molecule has 1 N–H and O–H groups in total. The molecule has 5 nitrogen and oxygen atoms in total. The predicted octanol–water partition coefficient (Wildman–Crippen LogP) is 1.91. The van der Waals surface area contributed by atoms with Crippen LogP contribution in [0.15, 0.2) is 6.20 Å². The molecule has 0 radical (unpaired) electrons. The van der Waals surface area contributed by atoms with Crippen molar-refractivity contribution < 1.29 is 6.16 Å². The van der Waals surface area contributed by atoms with Crippen LogP contribution in [0.4, 0.5) is 0 Å². The van der Waals surface area contributed by atoms with Gasteiger partial charge in [0, 0.05) is 19.6 Å². The van der Waals surface area contributed by atoms with E-state index in [4.69, 9.17) is 4.74 Å². The van der Waals surface area contributed by atoms with Crippen LogP contribution in [-0.4, -0.2) is 41.8 Å². The van der Waals surface area contributed by atoms with Gasteiger partial charge in [0.05, 0.1) is 25.5 Å². The average molecular weight is 256 g/mol. The average Bonchev–Trinajstić information content (AvgIpc) is 2.78. The van der Waals surface area contributed by atoms with E-state index in [0.29, 0.717) is 5.92 Å². The summed E-state index contributed by atoms with van der Waals surface area (Å²) < 4.78 is 7.26. The first-order chi connectivity index (χ1) is 8.65. The Hall–Kier alpha value is -0.940. The maximum absolute atomic E-state index is 5.32. The molecule has 0 amide bonds. The van der Waals surface area contributed by atoms with Crippen molar-refractivity contribution in [3.63, 3.8) is 0 Å². The quantitative estimate of drug-likeness (QED) is 0.874. The molecular weight excluding hydrogens is 228 g/mol. The minimum absolute atomic E-state index is 0. The highest BCUT2D eigenvalue weighted by molar-refractivity contribution is 4.99. The van der Waals surface area contributed by atoms with E-state index in [9.17, 15) is 0 Å². The van der Waals surface area contributed by atoms with Gasteiger partial charge in [0.25, 0.3) is 0 Å². The topological polar surface area (TPSA) is 52.0 Å². The standard InChI is InChI=1S/C11H20N4O.C2H6.H2/c1-9(2)10-4-15(14-13-10)6-11(5-12-3)7-16-8-11;1-2;/h4,9,12H,5-8H2,1-3H3;1-2H3;1H. The number of hydrogen-bond donors (Lipinski definition) is 1. The van der Waals surface area contributed by atoms with Crippen molar-refractivity contribution in [3.05, 3.63) is 11.9 Å². The lowest BCUT2D eigenvalue weighted by molar-refractivity contribution is -0.120. The number of hydrogen-bond acceptors (Lipinski definition) is 4. The summed E-state index contributed by atoms with van der Waals surface area (Å²) in [6, 6.07) is 0. The molecule has 106 valence electrons. The first-order valence-corrected chi connectivity index (χ1v) is 6.78. The summed E-state index contributed by atoms with van der Waals surface area (Å²) in [7, 11) is 1.97. The van der Waals surface area contributed by atoms with Gasteiger partial charge in [0.1, 0.15) is 0 Å². The fourth-order valence-electron chi connectivity index (χ4n) is 2.01. The van der Waals surface area contributed by atoms with E-state index >= 15 is 0 Å². The Balaban J connectivity index is 0.00000103. The molecule has 0 bridgehead atoms. The molecular formula is C13H28N4O. The number of nitrogens with one attached hydrogen (secondary N) is 1. The van der Waals surface area contributed by atoms with Crippen molar-refractivity contribution >= 4 is 0 Å².